The number of hydrogen-bond donors (Lipinski definition) is 2. The number of amides is 1. The lowest BCUT2D eigenvalue weighted by atomic mass is 10.1. The molecule has 3 N–H and O–H groups in total. The smallest absolute Gasteiger partial charge is 0.221 e. The average Bonchev–Trinajstić information content (AvgIpc) is 2.61. The Kier molecular flexibility index (Phi) is 3.59. The lowest BCUT2D eigenvalue weighted by molar-refractivity contribution is -0.121. The third kappa shape index (κ3) is 2.49. The molecule has 2 heterocycles. The first-order valence-corrected chi connectivity index (χ1v) is 6.04. The topological polar surface area (TPSA) is 58.4 Å². The van der Waals surface area contributed by atoms with E-state index in [1.165, 1.54) is 12.8 Å². The molecule has 15 heavy (non-hydrogen) atoms. The minimum absolute atomic E-state index is 0.208. The summed E-state index contributed by atoms with van der Waals surface area (Å²) < 4.78 is 0. The van der Waals surface area contributed by atoms with Crippen LogP contribution < -0.4 is 11.1 Å². The summed E-state index contributed by atoms with van der Waals surface area (Å²) >= 11 is 0. The van der Waals surface area contributed by atoms with Crippen LogP contribution in [-0.4, -0.2) is 42.5 Å². The van der Waals surface area contributed by atoms with Crippen LogP contribution in [0.3, 0.4) is 0 Å². The minimum atomic E-state index is 0.208. The fourth-order valence-corrected chi connectivity index (χ4v) is 2.83. The normalized spacial score (nSPS) is 33.8. The van der Waals surface area contributed by atoms with Gasteiger partial charge in [0.1, 0.15) is 0 Å². The van der Waals surface area contributed by atoms with Gasteiger partial charge in [0, 0.05) is 31.6 Å². The van der Waals surface area contributed by atoms with Crippen molar-refractivity contribution in [3.8, 4) is 0 Å². The Balaban J connectivity index is 1.98. The fraction of sp³-hybridized carbons (Fsp3) is 0.909. The zero-order chi connectivity index (χ0) is 10.7. The van der Waals surface area contributed by atoms with Gasteiger partial charge >= 0.3 is 0 Å². The molecule has 0 radical (unpaired) electrons. The highest BCUT2D eigenvalue weighted by atomic mass is 16.1. The quantitative estimate of drug-likeness (QED) is 0.680. The van der Waals surface area contributed by atoms with E-state index in [4.69, 9.17) is 5.73 Å². The molecule has 2 rings (SSSR count). The van der Waals surface area contributed by atoms with Gasteiger partial charge in [0.15, 0.2) is 0 Å². The van der Waals surface area contributed by atoms with Crippen LogP contribution in [0.25, 0.3) is 0 Å². The third-order valence-corrected chi connectivity index (χ3v) is 3.62. The number of carbonyl (C=O) groups is 1. The van der Waals surface area contributed by atoms with Crippen molar-refractivity contribution in [1.29, 1.82) is 0 Å². The van der Waals surface area contributed by atoms with E-state index in [-0.39, 0.29) is 5.91 Å². The monoisotopic (exact) mass is 211 g/mol. The number of likely N-dealkylation sites (tertiary alicyclic amines) is 1. The number of nitrogens with one attached hydrogen (secondary N) is 1. The molecule has 2 atom stereocenters. The highest BCUT2D eigenvalue weighted by Gasteiger charge is 2.31. The Hall–Kier alpha value is -0.610. The molecule has 4 heteroatoms. The lowest BCUT2D eigenvalue weighted by Crippen LogP contribution is -2.43. The molecule has 2 unspecified atom stereocenters. The number of rotatable bonds is 2. The summed E-state index contributed by atoms with van der Waals surface area (Å²) in [5.74, 6) is 0.208. The SMILES string of the molecule is NCC1CCCN1C1CCCNC(=O)C1. The van der Waals surface area contributed by atoms with Crippen LogP contribution in [0, 0.1) is 0 Å². The predicted octanol–water partition coefficient (Wildman–Crippen LogP) is 0.0782. The Morgan fingerprint density at radius 3 is 3.07 bits per heavy atom. The van der Waals surface area contributed by atoms with Gasteiger partial charge in [-0.2, -0.15) is 0 Å². The summed E-state index contributed by atoms with van der Waals surface area (Å²) in [7, 11) is 0. The Labute approximate surface area is 91.2 Å². The molecule has 0 aromatic carbocycles. The van der Waals surface area contributed by atoms with Crippen LogP contribution in [-0.2, 0) is 4.79 Å². The Morgan fingerprint density at radius 2 is 2.27 bits per heavy atom. The van der Waals surface area contributed by atoms with E-state index in [9.17, 15) is 4.79 Å². The fourth-order valence-electron chi connectivity index (χ4n) is 2.83. The molecule has 0 aliphatic carbocycles. The molecule has 0 bridgehead atoms. The van der Waals surface area contributed by atoms with Crippen molar-refractivity contribution in [1.82, 2.24) is 10.2 Å². The molecular formula is C11H21N3O. The molecular weight excluding hydrogens is 190 g/mol. The summed E-state index contributed by atoms with van der Waals surface area (Å²) in [4.78, 5) is 13.9. The molecule has 2 fully saturated rings. The second-order valence-corrected chi connectivity index (χ2v) is 4.62. The minimum Gasteiger partial charge on any atom is -0.356 e. The van der Waals surface area contributed by atoms with Gasteiger partial charge in [-0.3, -0.25) is 9.69 Å². The van der Waals surface area contributed by atoms with Gasteiger partial charge < -0.3 is 11.1 Å². The van der Waals surface area contributed by atoms with Crippen LogP contribution >= 0.6 is 0 Å². The molecule has 4 nitrogen and oxygen atoms in total. The number of nitrogens with two attached hydrogens (primary N) is 1. The van der Waals surface area contributed by atoms with E-state index in [2.05, 4.69) is 10.2 Å². The Morgan fingerprint density at radius 1 is 1.40 bits per heavy atom. The molecule has 2 aliphatic rings. The molecule has 0 aromatic rings. The van der Waals surface area contributed by atoms with Gasteiger partial charge in [0.2, 0.25) is 5.91 Å². The van der Waals surface area contributed by atoms with Crippen LogP contribution in [0.5, 0.6) is 0 Å². The summed E-state index contributed by atoms with van der Waals surface area (Å²) in [5.41, 5.74) is 5.76. The predicted molar refractivity (Wildman–Crippen MR) is 59.4 cm³/mol. The molecule has 0 saturated carbocycles. The van der Waals surface area contributed by atoms with Crippen molar-refractivity contribution in [3.05, 3.63) is 0 Å². The summed E-state index contributed by atoms with van der Waals surface area (Å²) in [5, 5.41) is 2.93. The molecule has 86 valence electrons. The van der Waals surface area contributed by atoms with Gasteiger partial charge in [-0.25, -0.2) is 0 Å². The average molecular weight is 211 g/mol. The zero-order valence-electron chi connectivity index (χ0n) is 9.24. The second-order valence-electron chi connectivity index (χ2n) is 4.62. The van der Waals surface area contributed by atoms with Gasteiger partial charge in [0.05, 0.1) is 0 Å². The van der Waals surface area contributed by atoms with Crippen LogP contribution in [0.15, 0.2) is 0 Å². The maximum Gasteiger partial charge on any atom is 0.221 e. The first-order valence-electron chi connectivity index (χ1n) is 6.04. The van der Waals surface area contributed by atoms with E-state index in [1.807, 2.05) is 0 Å². The summed E-state index contributed by atoms with van der Waals surface area (Å²) in [6, 6.07) is 0.949. The zero-order valence-corrected chi connectivity index (χ0v) is 9.24. The first kappa shape index (κ1) is 10.9. The third-order valence-electron chi connectivity index (χ3n) is 3.62. The van der Waals surface area contributed by atoms with Crippen molar-refractivity contribution < 1.29 is 4.79 Å². The first-order chi connectivity index (χ1) is 7.31. The molecule has 1 amide bonds. The van der Waals surface area contributed by atoms with E-state index in [1.54, 1.807) is 0 Å². The van der Waals surface area contributed by atoms with Gasteiger partial charge in [-0.05, 0) is 32.2 Å². The molecule has 0 spiro atoms. The van der Waals surface area contributed by atoms with Crippen molar-refractivity contribution in [3.63, 3.8) is 0 Å². The highest BCUT2D eigenvalue weighted by molar-refractivity contribution is 5.76. The van der Waals surface area contributed by atoms with E-state index in [0.717, 1.165) is 32.5 Å². The van der Waals surface area contributed by atoms with Crippen LogP contribution in [0.4, 0.5) is 0 Å². The number of nitrogens with zero attached hydrogens (tertiary/aromatic N) is 1. The second kappa shape index (κ2) is 4.94. The van der Waals surface area contributed by atoms with E-state index < -0.39 is 0 Å². The van der Waals surface area contributed by atoms with Crippen molar-refractivity contribution in [2.45, 2.75) is 44.2 Å². The maximum atomic E-state index is 11.5. The number of carbonyl (C=O) groups excluding carboxylic acids is 1. The van der Waals surface area contributed by atoms with Crippen LogP contribution in [0.2, 0.25) is 0 Å². The van der Waals surface area contributed by atoms with Crippen molar-refractivity contribution in [2.24, 2.45) is 5.73 Å². The van der Waals surface area contributed by atoms with E-state index in [0.29, 0.717) is 18.5 Å². The van der Waals surface area contributed by atoms with Crippen molar-refractivity contribution in [2.75, 3.05) is 19.6 Å². The summed E-state index contributed by atoms with van der Waals surface area (Å²) in [6.45, 7) is 2.70. The van der Waals surface area contributed by atoms with Crippen molar-refractivity contribution >= 4 is 5.91 Å². The van der Waals surface area contributed by atoms with E-state index >= 15 is 0 Å². The van der Waals surface area contributed by atoms with Crippen LogP contribution in [0.1, 0.15) is 32.1 Å². The van der Waals surface area contributed by atoms with Gasteiger partial charge in [-0.1, -0.05) is 0 Å². The molecule has 2 aliphatic heterocycles. The standard InChI is InChI=1S/C11H21N3O/c12-8-10-4-2-6-14(10)9-3-1-5-13-11(15)7-9/h9-10H,1-8,12H2,(H,13,15). The summed E-state index contributed by atoms with van der Waals surface area (Å²) in [6.07, 6.45) is 5.34. The lowest BCUT2D eigenvalue weighted by Gasteiger charge is -2.31. The maximum absolute atomic E-state index is 11.5. The highest BCUT2D eigenvalue weighted by Crippen LogP contribution is 2.24. The largest absolute Gasteiger partial charge is 0.356 e. The van der Waals surface area contributed by atoms with Gasteiger partial charge in [-0.15, -0.1) is 0 Å². The molecule has 2 saturated heterocycles. The Bertz CT molecular complexity index is 232. The molecule has 0 aromatic heterocycles. The number of hydrogen-bond acceptors (Lipinski definition) is 3. The van der Waals surface area contributed by atoms with Gasteiger partial charge in [0.25, 0.3) is 0 Å².